The van der Waals surface area contributed by atoms with Crippen LogP contribution in [0.25, 0.3) is 0 Å². The largest absolute Gasteiger partial charge is 0.393 e. The number of hydrogen-bond donors (Lipinski definition) is 1. The van der Waals surface area contributed by atoms with E-state index in [1.807, 2.05) is 23.1 Å². The highest BCUT2D eigenvalue weighted by atomic mass is 32.1. The number of carbonyl (C=O) groups is 1. The van der Waals surface area contributed by atoms with Crippen LogP contribution in [0.15, 0.2) is 30.3 Å². The number of carbonyl (C=O) groups excluding carboxylic acids is 1. The first kappa shape index (κ1) is 15.0. The highest BCUT2D eigenvalue weighted by molar-refractivity contribution is 7.80. The van der Waals surface area contributed by atoms with Crippen LogP contribution in [0, 0.1) is 5.41 Å². The zero-order valence-electron chi connectivity index (χ0n) is 12.0. The molecule has 1 aliphatic rings. The van der Waals surface area contributed by atoms with Crippen molar-refractivity contribution in [3.63, 3.8) is 0 Å². The van der Waals surface area contributed by atoms with Crippen LogP contribution in [0.3, 0.4) is 0 Å². The van der Waals surface area contributed by atoms with Crippen molar-refractivity contribution in [3.8, 4) is 0 Å². The first-order valence-electron chi connectivity index (χ1n) is 7.13. The summed E-state index contributed by atoms with van der Waals surface area (Å²) in [6, 6.07) is 10.1. The zero-order valence-corrected chi connectivity index (χ0v) is 12.8. The van der Waals surface area contributed by atoms with Crippen molar-refractivity contribution in [2.75, 3.05) is 13.1 Å². The van der Waals surface area contributed by atoms with Gasteiger partial charge in [0.15, 0.2) is 0 Å². The molecule has 1 fully saturated rings. The van der Waals surface area contributed by atoms with E-state index in [-0.39, 0.29) is 11.3 Å². The number of hydrogen-bond acceptors (Lipinski definition) is 2. The van der Waals surface area contributed by atoms with Crippen LogP contribution < -0.4 is 5.73 Å². The summed E-state index contributed by atoms with van der Waals surface area (Å²) in [6.07, 6.45) is 3.13. The molecule has 1 aliphatic heterocycles. The first-order chi connectivity index (χ1) is 9.51. The van der Waals surface area contributed by atoms with Crippen molar-refractivity contribution >= 4 is 23.1 Å². The second kappa shape index (κ2) is 6.35. The second-order valence-corrected chi connectivity index (χ2v) is 6.23. The van der Waals surface area contributed by atoms with Crippen LogP contribution in [-0.2, 0) is 11.2 Å². The number of rotatable bonds is 4. The van der Waals surface area contributed by atoms with E-state index in [0.29, 0.717) is 11.4 Å². The van der Waals surface area contributed by atoms with Crippen LogP contribution in [0.4, 0.5) is 0 Å². The lowest BCUT2D eigenvalue weighted by Crippen LogP contribution is -2.46. The summed E-state index contributed by atoms with van der Waals surface area (Å²) < 4.78 is 0. The summed E-state index contributed by atoms with van der Waals surface area (Å²) in [6.45, 7) is 3.63. The predicted molar refractivity (Wildman–Crippen MR) is 85.5 cm³/mol. The summed E-state index contributed by atoms with van der Waals surface area (Å²) in [7, 11) is 0. The van der Waals surface area contributed by atoms with Gasteiger partial charge in [0.05, 0.1) is 4.99 Å². The van der Waals surface area contributed by atoms with Gasteiger partial charge in [0.1, 0.15) is 0 Å². The van der Waals surface area contributed by atoms with Gasteiger partial charge < -0.3 is 10.6 Å². The van der Waals surface area contributed by atoms with E-state index in [1.165, 1.54) is 5.56 Å². The Balaban J connectivity index is 1.82. The van der Waals surface area contributed by atoms with E-state index in [9.17, 15) is 4.79 Å². The summed E-state index contributed by atoms with van der Waals surface area (Å²) in [5.74, 6) is 0.235. The minimum absolute atomic E-state index is 0.0778. The molecule has 0 saturated carbocycles. The molecule has 0 bridgehead atoms. The Morgan fingerprint density at radius 2 is 1.90 bits per heavy atom. The molecule has 2 rings (SSSR count). The van der Waals surface area contributed by atoms with Gasteiger partial charge in [0.2, 0.25) is 5.91 Å². The summed E-state index contributed by atoms with van der Waals surface area (Å²) in [4.78, 5) is 14.7. The maximum atomic E-state index is 12.2. The third-order valence-corrected chi connectivity index (χ3v) is 4.78. The maximum Gasteiger partial charge on any atom is 0.222 e. The molecule has 1 aromatic carbocycles. The lowest BCUT2D eigenvalue weighted by Gasteiger charge is -2.38. The molecular formula is C16H22N2OS. The lowest BCUT2D eigenvalue weighted by molar-refractivity contribution is -0.132. The van der Waals surface area contributed by atoms with Crippen LogP contribution in [0.2, 0.25) is 0 Å². The van der Waals surface area contributed by atoms with Gasteiger partial charge >= 0.3 is 0 Å². The number of benzene rings is 1. The molecule has 1 saturated heterocycles. The molecule has 2 N–H and O–H groups in total. The van der Waals surface area contributed by atoms with Crippen molar-refractivity contribution in [3.05, 3.63) is 35.9 Å². The molecule has 108 valence electrons. The molecule has 0 unspecified atom stereocenters. The van der Waals surface area contributed by atoms with Crippen molar-refractivity contribution in [2.24, 2.45) is 11.1 Å². The van der Waals surface area contributed by atoms with Crippen molar-refractivity contribution < 1.29 is 4.79 Å². The van der Waals surface area contributed by atoms with E-state index >= 15 is 0 Å². The normalized spacial score (nSPS) is 17.8. The Morgan fingerprint density at radius 1 is 1.30 bits per heavy atom. The fourth-order valence-corrected chi connectivity index (χ4v) is 2.75. The minimum atomic E-state index is -0.0778. The molecule has 0 aliphatic carbocycles. The van der Waals surface area contributed by atoms with Gasteiger partial charge in [-0.3, -0.25) is 4.79 Å². The van der Waals surface area contributed by atoms with Gasteiger partial charge in [-0.1, -0.05) is 49.5 Å². The van der Waals surface area contributed by atoms with E-state index in [1.54, 1.807) is 0 Å². The molecular weight excluding hydrogens is 268 g/mol. The number of nitrogens with zero attached hydrogens (tertiary/aromatic N) is 1. The molecule has 0 radical (unpaired) electrons. The van der Waals surface area contributed by atoms with Gasteiger partial charge in [-0.25, -0.2) is 0 Å². The molecule has 20 heavy (non-hydrogen) atoms. The van der Waals surface area contributed by atoms with Crippen LogP contribution in [0.5, 0.6) is 0 Å². The van der Waals surface area contributed by atoms with E-state index in [2.05, 4.69) is 19.1 Å². The van der Waals surface area contributed by atoms with Gasteiger partial charge in [-0.2, -0.15) is 0 Å². The average Bonchev–Trinajstić information content (AvgIpc) is 2.46. The first-order valence-corrected chi connectivity index (χ1v) is 7.54. The Bertz CT molecular complexity index is 479. The third kappa shape index (κ3) is 3.57. The summed E-state index contributed by atoms with van der Waals surface area (Å²) in [5.41, 5.74) is 6.92. The summed E-state index contributed by atoms with van der Waals surface area (Å²) >= 11 is 5.12. The van der Waals surface area contributed by atoms with Crippen molar-refractivity contribution in [1.29, 1.82) is 0 Å². The molecule has 1 amide bonds. The Morgan fingerprint density at radius 3 is 2.45 bits per heavy atom. The van der Waals surface area contributed by atoms with Gasteiger partial charge in [0, 0.05) is 24.9 Å². The summed E-state index contributed by atoms with van der Waals surface area (Å²) in [5, 5.41) is 0. The Kier molecular flexibility index (Phi) is 4.76. The zero-order chi connectivity index (χ0) is 14.6. The SMILES string of the molecule is CC1(C(N)=S)CCN(C(=O)CCc2ccccc2)CC1. The molecule has 0 aromatic heterocycles. The van der Waals surface area contributed by atoms with E-state index in [0.717, 1.165) is 32.4 Å². The van der Waals surface area contributed by atoms with Gasteiger partial charge in [0.25, 0.3) is 0 Å². The van der Waals surface area contributed by atoms with Gasteiger partial charge in [-0.15, -0.1) is 0 Å². The molecule has 0 spiro atoms. The number of nitrogens with two attached hydrogens (primary N) is 1. The van der Waals surface area contributed by atoms with Crippen molar-refractivity contribution in [2.45, 2.75) is 32.6 Å². The quantitative estimate of drug-likeness (QED) is 0.867. The fraction of sp³-hybridized carbons (Fsp3) is 0.500. The maximum absolute atomic E-state index is 12.2. The van der Waals surface area contributed by atoms with Gasteiger partial charge in [-0.05, 0) is 24.8 Å². The van der Waals surface area contributed by atoms with Crippen LogP contribution in [0.1, 0.15) is 31.7 Å². The number of amides is 1. The Labute approximate surface area is 126 Å². The second-order valence-electron chi connectivity index (χ2n) is 5.79. The number of likely N-dealkylation sites (tertiary alicyclic amines) is 1. The minimum Gasteiger partial charge on any atom is -0.393 e. The molecule has 3 nitrogen and oxygen atoms in total. The smallest absolute Gasteiger partial charge is 0.222 e. The van der Waals surface area contributed by atoms with E-state index < -0.39 is 0 Å². The predicted octanol–water partition coefficient (Wildman–Crippen LogP) is 2.53. The number of piperidine rings is 1. The molecule has 1 heterocycles. The third-order valence-electron chi connectivity index (χ3n) is 4.28. The fourth-order valence-electron chi connectivity index (χ4n) is 2.55. The monoisotopic (exact) mass is 290 g/mol. The molecule has 0 atom stereocenters. The standard InChI is InChI=1S/C16H22N2OS/c1-16(15(17)20)9-11-18(12-10-16)14(19)8-7-13-5-3-2-4-6-13/h2-6H,7-12H2,1H3,(H2,17,20). The van der Waals surface area contributed by atoms with Crippen molar-refractivity contribution in [1.82, 2.24) is 4.90 Å². The van der Waals surface area contributed by atoms with E-state index in [4.69, 9.17) is 18.0 Å². The van der Waals surface area contributed by atoms with Crippen LogP contribution >= 0.6 is 12.2 Å². The Hall–Kier alpha value is -1.42. The topological polar surface area (TPSA) is 46.3 Å². The number of aryl methyl sites for hydroxylation is 1. The highest BCUT2D eigenvalue weighted by Crippen LogP contribution is 2.31. The molecule has 1 aromatic rings. The number of thiocarbonyl (C=S) groups is 1. The lowest BCUT2D eigenvalue weighted by atomic mass is 9.80. The highest BCUT2D eigenvalue weighted by Gasteiger charge is 2.33. The molecule has 4 heteroatoms. The van der Waals surface area contributed by atoms with Crippen LogP contribution in [-0.4, -0.2) is 28.9 Å². The average molecular weight is 290 g/mol.